The van der Waals surface area contributed by atoms with Crippen molar-refractivity contribution in [2.24, 2.45) is 5.92 Å². The highest BCUT2D eigenvalue weighted by atomic mass is 16.5. The van der Waals surface area contributed by atoms with Crippen LogP contribution in [0.1, 0.15) is 31.3 Å². The molecular weight excluding hydrogens is 218 g/mol. The smallest absolute Gasteiger partial charge is 0.356 e. The minimum atomic E-state index is -0.467. The summed E-state index contributed by atoms with van der Waals surface area (Å²) in [7, 11) is 1.32. The van der Waals surface area contributed by atoms with E-state index in [9.17, 15) is 4.79 Å². The molecule has 1 heterocycles. The van der Waals surface area contributed by atoms with Crippen molar-refractivity contribution in [2.45, 2.75) is 26.8 Å². The SMILES string of the molecule is COC(=O)c1ccc(N)c(NC(C)C(C)C)n1. The Morgan fingerprint density at radius 2 is 2.06 bits per heavy atom. The molecular formula is C12H19N3O2. The van der Waals surface area contributed by atoms with E-state index in [1.54, 1.807) is 12.1 Å². The third kappa shape index (κ3) is 3.34. The van der Waals surface area contributed by atoms with Gasteiger partial charge in [-0.3, -0.25) is 0 Å². The highest BCUT2D eigenvalue weighted by Crippen LogP contribution is 2.18. The Hall–Kier alpha value is -1.78. The maximum absolute atomic E-state index is 11.3. The highest BCUT2D eigenvalue weighted by molar-refractivity contribution is 5.88. The van der Waals surface area contributed by atoms with E-state index >= 15 is 0 Å². The lowest BCUT2D eigenvalue weighted by Gasteiger charge is -2.19. The molecule has 17 heavy (non-hydrogen) atoms. The third-order valence-electron chi connectivity index (χ3n) is 2.69. The van der Waals surface area contributed by atoms with Gasteiger partial charge >= 0.3 is 5.97 Å². The summed E-state index contributed by atoms with van der Waals surface area (Å²) in [6.45, 7) is 6.23. The fourth-order valence-corrected chi connectivity index (χ4v) is 1.19. The second kappa shape index (κ2) is 5.52. The van der Waals surface area contributed by atoms with Crippen LogP contribution in [0.4, 0.5) is 11.5 Å². The molecule has 0 aliphatic rings. The number of hydrogen-bond donors (Lipinski definition) is 2. The molecule has 1 aromatic rings. The van der Waals surface area contributed by atoms with Crippen LogP contribution >= 0.6 is 0 Å². The number of nitrogen functional groups attached to an aromatic ring is 1. The van der Waals surface area contributed by atoms with Gasteiger partial charge in [0.15, 0.2) is 5.69 Å². The first kappa shape index (κ1) is 13.3. The molecule has 1 atom stereocenters. The number of nitrogens with two attached hydrogens (primary N) is 1. The quantitative estimate of drug-likeness (QED) is 0.782. The number of aromatic nitrogens is 1. The number of esters is 1. The van der Waals surface area contributed by atoms with Gasteiger partial charge in [0.1, 0.15) is 5.82 Å². The lowest BCUT2D eigenvalue weighted by atomic mass is 10.1. The highest BCUT2D eigenvalue weighted by Gasteiger charge is 2.13. The molecule has 0 fully saturated rings. The van der Waals surface area contributed by atoms with Crippen molar-refractivity contribution in [3.05, 3.63) is 17.8 Å². The summed E-state index contributed by atoms with van der Waals surface area (Å²) in [5.41, 5.74) is 6.57. The van der Waals surface area contributed by atoms with Crippen LogP contribution in [0.15, 0.2) is 12.1 Å². The average molecular weight is 237 g/mol. The number of anilines is 2. The van der Waals surface area contributed by atoms with Gasteiger partial charge in [-0.25, -0.2) is 9.78 Å². The van der Waals surface area contributed by atoms with Crippen LogP contribution in [0.5, 0.6) is 0 Å². The van der Waals surface area contributed by atoms with Crippen molar-refractivity contribution in [2.75, 3.05) is 18.2 Å². The maximum Gasteiger partial charge on any atom is 0.356 e. The van der Waals surface area contributed by atoms with Gasteiger partial charge in [0, 0.05) is 6.04 Å². The van der Waals surface area contributed by atoms with E-state index in [-0.39, 0.29) is 11.7 Å². The summed E-state index contributed by atoms with van der Waals surface area (Å²) in [6.07, 6.45) is 0. The lowest BCUT2D eigenvalue weighted by molar-refractivity contribution is 0.0594. The standard InChI is InChI=1S/C12H19N3O2/c1-7(2)8(3)14-11-9(13)5-6-10(15-11)12(16)17-4/h5-8H,13H2,1-4H3,(H,14,15). The molecule has 5 nitrogen and oxygen atoms in total. The average Bonchev–Trinajstić information content (AvgIpc) is 2.30. The predicted octanol–water partition coefficient (Wildman–Crippen LogP) is 1.91. The van der Waals surface area contributed by atoms with Crippen LogP contribution in [-0.4, -0.2) is 24.1 Å². The van der Waals surface area contributed by atoms with Gasteiger partial charge in [0.2, 0.25) is 0 Å². The maximum atomic E-state index is 11.3. The Labute approximate surface area is 101 Å². The minimum Gasteiger partial charge on any atom is -0.464 e. The Morgan fingerprint density at radius 1 is 1.41 bits per heavy atom. The van der Waals surface area contributed by atoms with Crippen molar-refractivity contribution in [1.29, 1.82) is 0 Å². The first-order chi connectivity index (χ1) is 7.95. The molecule has 0 spiro atoms. The van der Waals surface area contributed by atoms with E-state index in [1.165, 1.54) is 7.11 Å². The summed E-state index contributed by atoms with van der Waals surface area (Å²) in [5.74, 6) is 0.498. The van der Waals surface area contributed by atoms with Gasteiger partial charge in [0.05, 0.1) is 12.8 Å². The van der Waals surface area contributed by atoms with Gasteiger partial charge < -0.3 is 15.8 Å². The molecule has 0 aromatic carbocycles. The van der Waals surface area contributed by atoms with E-state index < -0.39 is 5.97 Å². The molecule has 5 heteroatoms. The zero-order chi connectivity index (χ0) is 13.0. The Kier molecular flexibility index (Phi) is 4.31. The van der Waals surface area contributed by atoms with Crippen LogP contribution < -0.4 is 11.1 Å². The second-order valence-corrected chi connectivity index (χ2v) is 4.30. The molecule has 0 aliphatic heterocycles. The van der Waals surface area contributed by atoms with Crippen molar-refractivity contribution in [3.63, 3.8) is 0 Å². The van der Waals surface area contributed by atoms with Crippen LogP contribution in [0.3, 0.4) is 0 Å². The van der Waals surface area contributed by atoms with Crippen molar-refractivity contribution in [3.8, 4) is 0 Å². The van der Waals surface area contributed by atoms with E-state index in [0.717, 1.165) is 0 Å². The number of nitrogens with one attached hydrogen (secondary N) is 1. The number of hydrogen-bond acceptors (Lipinski definition) is 5. The van der Waals surface area contributed by atoms with Crippen molar-refractivity contribution < 1.29 is 9.53 Å². The fourth-order valence-electron chi connectivity index (χ4n) is 1.19. The van der Waals surface area contributed by atoms with Crippen molar-refractivity contribution >= 4 is 17.5 Å². The Bertz CT molecular complexity index is 405. The molecule has 0 amide bonds. The van der Waals surface area contributed by atoms with Crippen LogP contribution in [0.25, 0.3) is 0 Å². The van der Waals surface area contributed by atoms with Crippen LogP contribution in [-0.2, 0) is 4.74 Å². The molecule has 0 bridgehead atoms. The summed E-state index contributed by atoms with van der Waals surface area (Å²) >= 11 is 0. The van der Waals surface area contributed by atoms with Crippen LogP contribution in [0, 0.1) is 5.92 Å². The van der Waals surface area contributed by atoms with E-state index in [0.29, 0.717) is 17.4 Å². The molecule has 1 rings (SSSR count). The second-order valence-electron chi connectivity index (χ2n) is 4.30. The molecule has 94 valence electrons. The van der Waals surface area contributed by atoms with Gasteiger partial charge in [-0.2, -0.15) is 0 Å². The number of ether oxygens (including phenoxy) is 1. The third-order valence-corrected chi connectivity index (χ3v) is 2.69. The monoisotopic (exact) mass is 237 g/mol. The Balaban J connectivity index is 2.94. The van der Waals surface area contributed by atoms with Gasteiger partial charge in [0.25, 0.3) is 0 Å². The largest absolute Gasteiger partial charge is 0.464 e. The first-order valence-corrected chi connectivity index (χ1v) is 5.57. The van der Waals surface area contributed by atoms with E-state index in [2.05, 4.69) is 28.9 Å². The molecule has 0 aliphatic carbocycles. The molecule has 1 aromatic heterocycles. The van der Waals surface area contributed by atoms with Gasteiger partial charge in [-0.15, -0.1) is 0 Å². The molecule has 0 radical (unpaired) electrons. The lowest BCUT2D eigenvalue weighted by Crippen LogP contribution is -2.23. The van der Waals surface area contributed by atoms with Crippen LogP contribution in [0.2, 0.25) is 0 Å². The number of carbonyl (C=O) groups is 1. The summed E-state index contributed by atoms with van der Waals surface area (Å²) in [4.78, 5) is 15.5. The fraction of sp³-hybridized carbons (Fsp3) is 0.500. The molecule has 0 saturated carbocycles. The zero-order valence-electron chi connectivity index (χ0n) is 10.7. The number of carbonyl (C=O) groups excluding carboxylic acids is 1. The van der Waals surface area contributed by atoms with E-state index in [4.69, 9.17) is 5.73 Å². The topological polar surface area (TPSA) is 77.2 Å². The normalized spacial score (nSPS) is 12.3. The minimum absolute atomic E-state index is 0.220. The van der Waals surface area contributed by atoms with E-state index in [1.807, 2.05) is 6.92 Å². The molecule has 3 N–H and O–H groups in total. The van der Waals surface area contributed by atoms with Gasteiger partial charge in [-0.1, -0.05) is 13.8 Å². The zero-order valence-corrected chi connectivity index (χ0v) is 10.7. The Morgan fingerprint density at radius 3 is 2.59 bits per heavy atom. The number of pyridine rings is 1. The predicted molar refractivity (Wildman–Crippen MR) is 67.9 cm³/mol. The molecule has 1 unspecified atom stereocenters. The van der Waals surface area contributed by atoms with Crippen molar-refractivity contribution in [1.82, 2.24) is 4.98 Å². The number of methoxy groups -OCH3 is 1. The summed E-state index contributed by atoms with van der Waals surface area (Å²) in [5, 5.41) is 3.19. The summed E-state index contributed by atoms with van der Waals surface area (Å²) < 4.78 is 4.61. The first-order valence-electron chi connectivity index (χ1n) is 5.57. The number of rotatable bonds is 4. The van der Waals surface area contributed by atoms with Gasteiger partial charge in [-0.05, 0) is 25.0 Å². The number of nitrogens with zero attached hydrogens (tertiary/aromatic N) is 1. The molecule has 0 saturated heterocycles. The summed E-state index contributed by atoms with van der Waals surface area (Å²) in [6, 6.07) is 3.42.